The molecule has 3 nitrogen and oxygen atoms in total. The summed E-state index contributed by atoms with van der Waals surface area (Å²) in [5.74, 6) is 0. The highest BCUT2D eigenvalue weighted by molar-refractivity contribution is 9.10. The van der Waals surface area contributed by atoms with Gasteiger partial charge in [-0.25, -0.2) is 4.79 Å². The van der Waals surface area contributed by atoms with E-state index in [2.05, 4.69) is 41.8 Å². The lowest BCUT2D eigenvalue weighted by molar-refractivity contribution is 1.10. The van der Waals surface area contributed by atoms with E-state index in [1.807, 2.05) is 37.3 Å². The number of fused-ring (bicyclic) bond motifs is 1. The molecule has 1 unspecified atom stereocenters. The second-order valence-corrected chi connectivity index (χ2v) is 7.07. The zero-order valence-corrected chi connectivity index (χ0v) is 14.9. The Balaban J connectivity index is 2.16. The lowest BCUT2D eigenvalue weighted by atomic mass is 10.00. The normalized spacial score (nSPS) is 12.8. The van der Waals surface area contributed by atoms with E-state index in [0.29, 0.717) is 0 Å². The summed E-state index contributed by atoms with van der Waals surface area (Å²) in [6.07, 6.45) is 0. The number of rotatable bonds is 2. The van der Waals surface area contributed by atoms with Crippen molar-refractivity contribution in [1.82, 2.24) is 9.97 Å². The van der Waals surface area contributed by atoms with Crippen LogP contribution in [0.4, 0.5) is 0 Å². The van der Waals surface area contributed by atoms with E-state index in [1.165, 1.54) is 0 Å². The van der Waals surface area contributed by atoms with Gasteiger partial charge in [-0.15, -0.1) is 11.6 Å². The van der Waals surface area contributed by atoms with E-state index in [0.717, 1.165) is 36.7 Å². The number of hydrogen-bond donors (Lipinski definition) is 2. The van der Waals surface area contributed by atoms with Crippen molar-refractivity contribution in [2.45, 2.75) is 12.3 Å². The number of halogens is 3. The van der Waals surface area contributed by atoms with Crippen LogP contribution < -0.4 is 5.69 Å². The summed E-state index contributed by atoms with van der Waals surface area (Å²) in [5.41, 5.74) is 4.35. The Morgan fingerprint density at radius 3 is 2.43 bits per heavy atom. The molecule has 2 aromatic carbocycles. The van der Waals surface area contributed by atoms with Gasteiger partial charge in [0.1, 0.15) is 0 Å². The molecule has 1 heterocycles. The minimum Gasteiger partial charge on any atom is -0.306 e. The zero-order valence-electron chi connectivity index (χ0n) is 11.0. The largest absolute Gasteiger partial charge is 0.323 e. The van der Waals surface area contributed by atoms with Gasteiger partial charge in [-0.3, -0.25) is 0 Å². The van der Waals surface area contributed by atoms with Gasteiger partial charge in [0.25, 0.3) is 0 Å². The highest BCUT2D eigenvalue weighted by Crippen LogP contribution is 2.37. The van der Waals surface area contributed by atoms with E-state index in [-0.39, 0.29) is 11.1 Å². The van der Waals surface area contributed by atoms with Gasteiger partial charge < -0.3 is 9.97 Å². The lowest BCUT2D eigenvalue weighted by Gasteiger charge is -2.15. The van der Waals surface area contributed by atoms with Crippen LogP contribution in [-0.2, 0) is 0 Å². The molecule has 3 aromatic rings. The molecule has 0 aliphatic heterocycles. The number of aryl methyl sites for hydroxylation is 1. The Morgan fingerprint density at radius 1 is 1.05 bits per heavy atom. The maximum Gasteiger partial charge on any atom is 0.323 e. The second kappa shape index (κ2) is 5.63. The topological polar surface area (TPSA) is 48.6 Å². The minimum atomic E-state index is -0.306. The first kappa shape index (κ1) is 14.9. The van der Waals surface area contributed by atoms with Crippen molar-refractivity contribution in [2.75, 3.05) is 0 Å². The number of H-pyrrole nitrogens is 2. The Labute approximate surface area is 143 Å². The van der Waals surface area contributed by atoms with Crippen LogP contribution in [0.1, 0.15) is 22.1 Å². The molecule has 6 heteroatoms. The molecule has 1 aromatic heterocycles. The van der Waals surface area contributed by atoms with Crippen molar-refractivity contribution < 1.29 is 0 Å². The van der Waals surface area contributed by atoms with Crippen LogP contribution in [0, 0.1) is 6.92 Å². The molecule has 3 rings (SSSR count). The van der Waals surface area contributed by atoms with Gasteiger partial charge >= 0.3 is 5.69 Å². The maximum atomic E-state index is 11.4. The van der Waals surface area contributed by atoms with Crippen LogP contribution in [0.2, 0.25) is 0 Å². The third-order valence-corrected chi connectivity index (χ3v) is 5.07. The van der Waals surface area contributed by atoms with E-state index < -0.39 is 0 Å². The minimum absolute atomic E-state index is 0.223. The quantitative estimate of drug-likeness (QED) is 0.551. The average Bonchev–Trinajstić information content (AvgIpc) is 2.79. The van der Waals surface area contributed by atoms with Gasteiger partial charge in [0.05, 0.1) is 16.4 Å². The maximum absolute atomic E-state index is 11.4. The molecule has 0 saturated heterocycles. The molecule has 0 radical (unpaired) electrons. The van der Waals surface area contributed by atoms with Crippen LogP contribution >= 0.6 is 43.5 Å². The highest BCUT2D eigenvalue weighted by atomic mass is 79.9. The van der Waals surface area contributed by atoms with Gasteiger partial charge in [0.2, 0.25) is 0 Å². The van der Waals surface area contributed by atoms with Gasteiger partial charge in [-0.1, -0.05) is 37.9 Å². The van der Waals surface area contributed by atoms with Crippen molar-refractivity contribution in [3.05, 3.63) is 66.5 Å². The highest BCUT2D eigenvalue weighted by Gasteiger charge is 2.18. The fraction of sp³-hybridized carbons (Fsp3) is 0.133. The number of aromatic amines is 2. The summed E-state index contributed by atoms with van der Waals surface area (Å²) in [5, 5.41) is -0.306. The van der Waals surface area contributed by atoms with Crippen LogP contribution in [0.25, 0.3) is 11.0 Å². The van der Waals surface area contributed by atoms with Gasteiger partial charge in [-0.05, 0) is 47.9 Å². The molecule has 0 spiro atoms. The summed E-state index contributed by atoms with van der Waals surface area (Å²) in [6.45, 7) is 2.03. The molecule has 2 N–H and O–H groups in total. The van der Waals surface area contributed by atoms with Gasteiger partial charge in [0, 0.05) is 8.95 Å². The molecular weight excluding hydrogens is 419 g/mol. The van der Waals surface area contributed by atoms with E-state index >= 15 is 0 Å². The van der Waals surface area contributed by atoms with Crippen molar-refractivity contribution in [3.8, 4) is 0 Å². The third-order valence-electron chi connectivity index (χ3n) is 3.42. The van der Waals surface area contributed by atoms with Crippen LogP contribution in [0.3, 0.4) is 0 Å². The van der Waals surface area contributed by atoms with Crippen molar-refractivity contribution in [2.24, 2.45) is 0 Å². The number of benzene rings is 2. The van der Waals surface area contributed by atoms with Crippen LogP contribution in [0.5, 0.6) is 0 Å². The van der Waals surface area contributed by atoms with Crippen LogP contribution in [-0.4, -0.2) is 9.97 Å². The molecular formula is C15H11Br2ClN2O. The predicted octanol–water partition coefficient (Wildman–Crippen LogP) is 5.02. The predicted molar refractivity (Wildman–Crippen MR) is 93.2 cm³/mol. The summed E-state index contributed by atoms with van der Waals surface area (Å²) >= 11 is 13.7. The first-order valence-electron chi connectivity index (χ1n) is 6.27. The molecule has 0 aliphatic carbocycles. The Bertz CT molecular complexity index is 885. The number of nitrogens with one attached hydrogen (secondary N) is 2. The van der Waals surface area contributed by atoms with Crippen molar-refractivity contribution in [1.29, 1.82) is 0 Å². The number of aromatic nitrogens is 2. The molecule has 1 atom stereocenters. The molecule has 0 amide bonds. The zero-order chi connectivity index (χ0) is 15.1. The summed E-state index contributed by atoms with van der Waals surface area (Å²) in [7, 11) is 0. The Kier molecular flexibility index (Phi) is 3.99. The number of imidazole rings is 1. The monoisotopic (exact) mass is 428 g/mol. The smallest absolute Gasteiger partial charge is 0.306 e. The summed E-state index contributed by atoms with van der Waals surface area (Å²) in [4.78, 5) is 16.9. The van der Waals surface area contributed by atoms with Crippen molar-refractivity contribution in [3.63, 3.8) is 0 Å². The van der Waals surface area contributed by atoms with Gasteiger partial charge in [-0.2, -0.15) is 0 Å². The first-order valence-corrected chi connectivity index (χ1v) is 8.29. The van der Waals surface area contributed by atoms with Crippen LogP contribution in [0.15, 0.2) is 44.1 Å². The Morgan fingerprint density at radius 2 is 1.71 bits per heavy atom. The first-order chi connectivity index (χ1) is 9.95. The standard InChI is InChI=1S/C15H11Br2ClN2O/c1-7-2-3-8(16)4-9(7)14(18)10-5-12-13(6-11(10)17)20-15(21)19-12/h2-6,14H,1H3,(H2,19,20,21). The molecule has 21 heavy (non-hydrogen) atoms. The molecule has 0 aliphatic rings. The van der Waals surface area contributed by atoms with Gasteiger partial charge in [0.15, 0.2) is 0 Å². The Hall–Kier alpha value is -1.04. The molecule has 0 saturated carbocycles. The second-order valence-electron chi connectivity index (χ2n) is 4.86. The van der Waals surface area contributed by atoms with Crippen molar-refractivity contribution >= 4 is 54.5 Å². The van der Waals surface area contributed by atoms with E-state index in [1.54, 1.807) is 0 Å². The number of alkyl halides is 1. The number of hydrogen-bond acceptors (Lipinski definition) is 1. The molecule has 108 valence electrons. The summed E-state index contributed by atoms with van der Waals surface area (Å²) < 4.78 is 1.85. The average molecular weight is 431 g/mol. The fourth-order valence-corrected chi connectivity index (χ4v) is 3.82. The van der Waals surface area contributed by atoms with E-state index in [4.69, 9.17) is 11.6 Å². The fourth-order valence-electron chi connectivity index (χ4n) is 2.32. The van der Waals surface area contributed by atoms with E-state index in [9.17, 15) is 4.79 Å². The summed E-state index contributed by atoms with van der Waals surface area (Å²) in [6, 6.07) is 9.80. The lowest BCUT2D eigenvalue weighted by Crippen LogP contribution is -1.99. The SMILES string of the molecule is Cc1ccc(Br)cc1C(Cl)c1cc2[nH]c(=O)[nH]c2cc1Br. The molecule has 0 fully saturated rings. The third kappa shape index (κ3) is 2.82. The molecule has 0 bridgehead atoms.